The van der Waals surface area contributed by atoms with Gasteiger partial charge >= 0.3 is 0 Å². The Morgan fingerprint density at radius 1 is 0.963 bits per heavy atom. The second-order valence-corrected chi connectivity index (χ2v) is 6.33. The largest absolute Gasteiger partial charge is 0.493 e. The van der Waals surface area contributed by atoms with Crippen LogP contribution in [0.4, 0.5) is 0 Å². The lowest BCUT2D eigenvalue weighted by Gasteiger charge is -2.21. The number of rotatable bonds is 8. The molecule has 0 saturated carbocycles. The molecule has 0 aliphatic rings. The Balaban J connectivity index is 1.94. The summed E-state index contributed by atoms with van der Waals surface area (Å²) in [4.78, 5) is 25.7. The molecule has 0 saturated heterocycles. The van der Waals surface area contributed by atoms with E-state index < -0.39 is 0 Å². The summed E-state index contributed by atoms with van der Waals surface area (Å²) in [6, 6.07) is 13.4. The number of carbonyl (C=O) groups excluding carboxylic acids is 2. The average molecular weight is 370 g/mol. The second kappa shape index (κ2) is 9.62. The molecule has 144 valence electrons. The first-order valence-corrected chi connectivity index (χ1v) is 8.71. The lowest BCUT2D eigenvalue weighted by atomic mass is 10.1. The Bertz CT molecular complexity index is 787. The predicted molar refractivity (Wildman–Crippen MR) is 104 cm³/mol. The quantitative estimate of drug-likeness (QED) is 0.776. The van der Waals surface area contributed by atoms with Gasteiger partial charge in [0, 0.05) is 20.0 Å². The van der Waals surface area contributed by atoms with Crippen LogP contribution in [0, 0.1) is 6.92 Å². The summed E-state index contributed by atoms with van der Waals surface area (Å²) in [6.07, 6.45) is 0. The molecule has 0 atom stereocenters. The molecule has 0 radical (unpaired) electrons. The number of benzene rings is 2. The Morgan fingerprint density at radius 3 is 2.19 bits per heavy atom. The Labute approximate surface area is 160 Å². The lowest BCUT2D eigenvalue weighted by Crippen LogP contribution is -2.39. The van der Waals surface area contributed by atoms with Gasteiger partial charge in [0.25, 0.3) is 0 Å². The molecule has 0 bridgehead atoms. The van der Waals surface area contributed by atoms with Crippen molar-refractivity contribution in [2.45, 2.75) is 26.9 Å². The molecule has 0 unspecified atom stereocenters. The van der Waals surface area contributed by atoms with Crippen molar-refractivity contribution in [2.24, 2.45) is 0 Å². The predicted octanol–water partition coefficient (Wildman–Crippen LogP) is 2.68. The van der Waals surface area contributed by atoms with Crippen LogP contribution >= 0.6 is 0 Å². The highest BCUT2D eigenvalue weighted by Crippen LogP contribution is 2.27. The molecule has 2 aromatic rings. The minimum atomic E-state index is -0.216. The van der Waals surface area contributed by atoms with Crippen LogP contribution in [0.25, 0.3) is 0 Å². The zero-order valence-corrected chi connectivity index (χ0v) is 16.2. The number of methoxy groups -OCH3 is 2. The van der Waals surface area contributed by atoms with Crippen molar-refractivity contribution in [3.63, 3.8) is 0 Å². The lowest BCUT2D eigenvalue weighted by molar-refractivity contribution is -0.135. The van der Waals surface area contributed by atoms with Crippen LogP contribution in [0.15, 0.2) is 42.5 Å². The van der Waals surface area contributed by atoms with Gasteiger partial charge in [-0.1, -0.05) is 35.9 Å². The van der Waals surface area contributed by atoms with Crippen LogP contribution < -0.4 is 14.8 Å². The number of ether oxygens (including phenoxy) is 2. The van der Waals surface area contributed by atoms with Crippen molar-refractivity contribution in [3.05, 3.63) is 59.2 Å². The van der Waals surface area contributed by atoms with Crippen LogP contribution in [0.3, 0.4) is 0 Å². The minimum absolute atomic E-state index is 0.0104. The van der Waals surface area contributed by atoms with Crippen LogP contribution in [-0.4, -0.2) is 37.5 Å². The number of hydrogen-bond acceptors (Lipinski definition) is 4. The summed E-state index contributed by atoms with van der Waals surface area (Å²) in [5.41, 5.74) is 3.03. The van der Waals surface area contributed by atoms with E-state index in [0.29, 0.717) is 24.6 Å². The maximum atomic E-state index is 12.3. The molecule has 0 heterocycles. The van der Waals surface area contributed by atoms with Gasteiger partial charge < -0.3 is 19.7 Å². The van der Waals surface area contributed by atoms with Crippen LogP contribution in [0.5, 0.6) is 11.5 Å². The van der Waals surface area contributed by atoms with Crippen LogP contribution in [0.2, 0.25) is 0 Å². The molecule has 2 amide bonds. The van der Waals surface area contributed by atoms with E-state index in [1.165, 1.54) is 11.8 Å². The number of nitrogens with one attached hydrogen (secondary N) is 1. The normalized spacial score (nSPS) is 10.2. The van der Waals surface area contributed by atoms with E-state index in [-0.39, 0.29) is 18.4 Å². The summed E-state index contributed by atoms with van der Waals surface area (Å²) in [5.74, 6) is 0.881. The van der Waals surface area contributed by atoms with Crippen molar-refractivity contribution < 1.29 is 19.1 Å². The third kappa shape index (κ3) is 6.02. The van der Waals surface area contributed by atoms with Gasteiger partial charge in [-0.2, -0.15) is 0 Å². The van der Waals surface area contributed by atoms with E-state index in [0.717, 1.165) is 16.7 Å². The summed E-state index contributed by atoms with van der Waals surface area (Å²) < 4.78 is 10.5. The molecule has 27 heavy (non-hydrogen) atoms. The Kier molecular flexibility index (Phi) is 7.23. The molecule has 0 aromatic heterocycles. The SMILES string of the molecule is COc1ccc(CNC(=O)CN(Cc2ccc(C)cc2)C(C)=O)cc1OC. The molecule has 0 aliphatic heterocycles. The molecule has 0 spiro atoms. The number of hydrogen-bond donors (Lipinski definition) is 1. The van der Waals surface area contributed by atoms with Crippen molar-refractivity contribution >= 4 is 11.8 Å². The first kappa shape index (κ1) is 20.3. The molecule has 6 heteroatoms. The first-order valence-electron chi connectivity index (χ1n) is 8.71. The van der Waals surface area contributed by atoms with Gasteiger partial charge in [-0.25, -0.2) is 0 Å². The van der Waals surface area contributed by atoms with E-state index in [2.05, 4.69) is 5.32 Å². The Hall–Kier alpha value is -3.02. The highest BCUT2D eigenvalue weighted by molar-refractivity contribution is 5.83. The molecule has 6 nitrogen and oxygen atoms in total. The molecular formula is C21H26N2O4. The van der Waals surface area contributed by atoms with Gasteiger partial charge in [-0.05, 0) is 30.2 Å². The van der Waals surface area contributed by atoms with E-state index in [1.54, 1.807) is 20.3 Å². The molecule has 0 fully saturated rings. The maximum absolute atomic E-state index is 12.3. The molecule has 2 rings (SSSR count). The first-order chi connectivity index (χ1) is 12.9. The number of carbonyl (C=O) groups is 2. The minimum Gasteiger partial charge on any atom is -0.493 e. The summed E-state index contributed by atoms with van der Waals surface area (Å²) >= 11 is 0. The van der Waals surface area contributed by atoms with E-state index in [1.807, 2.05) is 43.3 Å². The van der Waals surface area contributed by atoms with E-state index >= 15 is 0 Å². The van der Waals surface area contributed by atoms with Gasteiger partial charge in [0.2, 0.25) is 11.8 Å². The fourth-order valence-corrected chi connectivity index (χ4v) is 2.61. The van der Waals surface area contributed by atoms with Gasteiger partial charge in [-0.3, -0.25) is 9.59 Å². The third-order valence-corrected chi connectivity index (χ3v) is 4.21. The van der Waals surface area contributed by atoms with Crippen molar-refractivity contribution in [2.75, 3.05) is 20.8 Å². The van der Waals surface area contributed by atoms with Crippen molar-refractivity contribution in [1.82, 2.24) is 10.2 Å². The smallest absolute Gasteiger partial charge is 0.239 e. The number of aryl methyl sites for hydroxylation is 1. The maximum Gasteiger partial charge on any atom is 0.239 e. The topological polar surface area (TPSA) is 67.9 Å². The molecule has 0 aliphatic carbocycles. The van der Waals surface area contributed by atoms with Crippen molar-refractivity contribution in [1.29, 1.82) is 0 Å². The average Bonchev–Trinajstić information content (AvgIpc) is 2.67. The zero-order valence-electron chi connectivity index (χ0n) is 16.2. The highest BCUT2D eigenvalue weighted by atomic mass is 16.5. The fraction of sp³-hybridized carbons (Fsp3) is 0.333. The Morgan fingerprint density at radius 2 is 1.59 bits per heavy atom. The van der Waals surface area contributed by atoms with Gasteiger partial charge in [0.15, 0.2) is 11.5 Å². The molecule has 1 N–H and O–H groups in total. The zero-order chi connectivity index (χ0) is 19.8. The van der Waals surface area contributed by atoms with E-state index in [9.17, 15) is 9.59 Å². The number of amides is 2. The van der Waals surface area contributed by atoms with Crippen molar-refractivity contribution in [3.8, 4) is 11.5 Å². The summed E-state index contributed by atoms with van der Waals surface area (Å²) in [5, 5.41) is 2.84. The van der Waals surface area contributed by atoms with Crippen LogP contribution in [-0.2, 0) is 22.7 Å². The summed E-state index contributed by atoms with van der Waals surface area (Å²) in [6.45, 7) is 4.23. The standard InChI is InChI=1S/C21H26N2O4/c1-15-5-7-17(8-6-15)13-23(16(2)24)14-21(25)22-12-18-9-10-19(26-3)20(11-18)27-4/h5-11H,12-14H2,1-4H3,(H,22,25). The van der Waals surface area contributed by atoms with Gasteiger partial charge in [0.05, 0.1) is 20.8 Å². The fourth-order valence-electron chi connectivity index (χ4n) is 2.61. The molecular weight excluding hydrogens is 344 g/mol. The van der Waals surface area contributed by atoms with Crippen LogP contribution in [0.1, 0.15) is 23.6 Å². The van der Waals surface area contributed by atoms with E-state index in [4.69, 9.17) is 9.47 Å². The third-order valence-electron chi connectivity index (χ3n) is 4.21. The van der Waals surface area contributed by atoms with Gasteiger partial charge in [-0.15, -0.1) is 0 Å². The monoisotopic (exact) mass is 370 g/mol. The van der Waals surface area contributed by atoms with Gasteiger partial charge in [0.1, 0.15) is 0 Å². The molecule has 2 aromatic carbocycles. The highest BCUT2D eigenvalue weighted by Gasteiger charge is 2.14. The summed E-state index contributed by atoms with van der Waals surface area (Å²) in [7, 11) is 3.14. The second-order valence-electron chi connectivity index (χ2n) is 6.33. The number of nitrogens with zero attached hydrogens (tertiary/aromatic N) is 1.